The maximum absolute atomic E-state index is 3.46. The molecule has 19 heavy (non-hydrogen) atoms. The fraction of sp³-hybridized carbons (Fsp3) is 0.625. The Balaban J connectivity index is 1.93. The first-order valence-electron chi connectivity index (χ1n) is 7.38. The maximum atomic E-state index is 3.46. The molecular weight excluding hydrogens is 252 g/mol. The standard InChI is InChI=1S/C16H26N2S/c1-4-16-12-18(9-10-19-16)15-7-5-14(6-8-15)11-17-13(2)3/h5-8,13,16-17H,4,9-12H2,1-3H3. The largest absolute Gasteiger partial charge is 0.370 e. The molecular formula is C16H26N2S. The van der Waals surface area contributed by atoms with Crippen molar-refractivity contribution in [2.24, 2.45) is 0 Å². The van der Waals surface area contributed by atoms with Gasteiger partial charge in [-0.15, -0.1) is 0 Å². The first-order valence-corrected chi connectivity index (χ1v) is 8.42. The van der Waals surface area contributed by atoms with Crippen molar-refractivity contribution in [2.45, 2.75) is 45.0 Å². The zero-order chi connectivity index (χ0) is 13.7. The second-order valence-electron chi connectivity index (χ2n) is 5.55. The van der Waals surface area contributed by atoms with Gasteiger partial charge in [0.15, 0.2) is 0 Å². The van der Waals surface area contributed by atoms with Crippen LogP contribution < -0.4 is 10.2 Å². The van der Waals surface area contributed by atoms with Crippen LogP contribution in [-0.2, 0) is 6.54 Å². The van der Waals surface area contributed by atoms with Crippen LogP contribution in [0.2, 0.25) is 0 Å². The number of anilines is 1. The van der Waals surface area contributed by atoms with Crippen molar-refractivity contribution in [3.63, 3.8) is 0 Å². The van der Waals surface area contributed by atoms with E-state index in [9.17, 15) is 0 Å². The van der Waals surface area contributed by atoms with Gasteiger partial charge in [0.2, 0.25) is 0 Å². The van der Waals surface area contributed by atoms with E-state index in [1.54, 1.807) is 0 Å². The topological polar surface area (TPSA) is 15.3 Å². The lowest BCUT2D eigenvalue weighted by molar-refractivity contribution is 0.589. The molecule has 1 aliphatic heterocycles. The van der Waals surface area contributed by atoms with Gasteiger partial charge < -0.3 is 10.2 Å². The third-order valence-corrected chi connectivity index (χ3v) is 4.98. The van der Waals surface area contributed by atoms with Crippen molar-refractivity contribution < 1.29 is 0 Å². The van der Waals surface area contributed by atoms with E-state index in [1.807, 2.05) is 0 Å². The first kappa shape index (κ1) is 14.7. The molecule has 0 aromatic heterocycles. The molecule has 3 heteroatoms. The van der Waals surface area contributed by atoms with Crippen LogP contribution >= 0.6 is 11.8 Å². The first-order chi connectivity index (χ1) is 9.19. The highest BCUT2D eigenvalue weighted by atomic mass is 32.2. The van der Waals surface area contributed by atoms with E-state index < -0.39 is 0 Å². The molecule has 0 amide bonds. The summed E-state index contributed by atoms with van der Waals surface area (Å²) in [6.45, 7) is 10.0. The number of hydrogen-bond donors (Lipinski definition) is 1. The van der Waals surface area contributed by atoms with Crippen LogP contribution in [0.25, 0.3) is 0 Å². The van der Waals surface area contributed by atoms with E-state index in [0.29, 0.717) is 6.04 Å². The Kier molecular flexibility index (Phi) is 5.59. The summed E-state index contributed by atoms with van der Waals surface area (Å²) in [5.74, 6) is 1.26. The van der Waals surface area contributed by atoms with Gasteiger partial charge in [0.1, 0.15) is 0 Å². The predicted molar refractivity (Wildman–Crippen MR) is 87.2 cm³/mol. The Morgan fingerprint density at radius 3 is 2.68 bits per heavy atom. The van der Waals surface area contributed by atoms with Crippen LogP contribution in [0.15, 0.2) is 24.3 Å². The van der Waals surface area contributed by atoms with E-state index in [4.69, 9.17) is 0 Å². The van der Waals surface area contributed by atoms with Crippen LogP contribution in [0.1, 0.15) is 32.8 Å². The molecule has 1 unspecified atom stereocenters. The Morgan fingerprint density at radius 1 is 1.32 bits per heavy atom. The minimum atomic E-state index is 0.545. The van der Waals surface area contributed by atoms with Crippen LogP contribution in [-0.4, -0.2) is 30.1 Å². The Hall–Kier alpha value is -0.670. The van der Waals surface area contributed by atoms with Crippen molar-refractivity contribution in [2.75, 3.05) is 23.7 Å². The molecule has 0 saturated carbocycles. The average molecular weight is 278 g/mol. The fourth-order valence-corrected chi connectivity index (χ4v) is 3.53. The smallest absolute Gasteiger partial charge is 0.0367 e. The van der Waals surface area contributed by atoms with Gasteiger partial charge in [-0.2, -0.15) is 11.8 Å². The highest BCUT2D eigenvalue weighted by Crippen LogP contribution is 2.25. The fourth-order valence-electron chi connectivity index (χ4n) is 2.35. The maximum Gasteiger partial charge on any atom is 0.0367 e. The summed E-state index contributed by atoms with van der Waals surface area (Å²) in [6.07, 6.45) is 1.28. The third-order valence-electron chi connectivity index (χ3n) is 3.61. The number of hydrogen-bond acceptors (Lipinski definition) is 3. The summed E-state index contributed by atoms with van der Waals surface area (Å²) >= 11 is 2.12. The molecule has 1 aliphatic rings. The molecule has 0 bridgehead atoms. The van der Waals surface area contributed by atoms with Gasteiger partial charge in [-0.25, -0.2) is 0 Å². The second-order valence-corrected chi connectivity index (χ2v) is 6.96. The second kappa shape index (κ2) is 7.20. The van der Waals surface area contributed by atoms with Gasteiger partial charge in [-0.3, -0.25) is 0 Å². The molecule has 0 aliphatic carbocycles. The third kappa shape index (κ3) is 4.43. The zero-order valence-corrected chi connectivity index (χ0v) is 13.2. The lowest BCUT2D eigenvalue weighted by atomic mass is 10.1. The van der Waals surface area contributed by atoms with Crippen LogP contribution in [0.3, 0.4) is 0 Å². The van der Waals surface area contributed by atoms with Crippen molar-refractivity contribution in [1.82, 2.24) is 5.32 Å². The zero-order valence-electron chi connectivity index (χ0n) is 12.4. The average Bonchev–Trinajstić information content (AvgIpc) is 2.45. The van der Waals surface area contributed by atoms with Gasteiger partial charge in [-0.1, -0.05) is 32.9 Å². The van der Waals surface area contributed by atoms with Crippen LogP contribution in [0.5, 0.6) is 0 Å². The molecule has 1 aromatic rings. The summed E-state index contributed by atoms with van der Waals surface area (Å²) < 4.78 is 0. The molecule has 0 spiro atoms. The lowest BCUT2D eigenvalue weighted by Crippen LogP contribution is -2.37. The molecule has 1 saturated heterocycles. The van der Waals surface area contributed by atoms with E-state index >= 15 is 0 Å². The molecule has 106 valence electrons. The normalized spacial score (nSPS) is 20.0. The quantitative estimate of drug-likeness (QED) is 0.887. The van der Waals surface area contributed by atoms with Gasteiger partial charge in [0.25, 0.3) is 0 Å². The number of benzene rings is 1. The van der Waals surface area contributed by atoms with Gasteiger partial charge in [0, 0.05) is 42.4 Å². The van der Waals surface area contributed by atoms with Crippen molar-refractivity contribution in [3.8, 4) is 0 Å². The Labute approximate surface area is 122 Å². The minimum Gasteiger partial charge on any atom is -0.370 e. The molecule has 1 heterocycles. The van der Waals surface area contributed by atoms with Crippen LogP contribution in [0.4, 0.5) is 5.69 Å². The van der Waals surface area contributed by atoms with Gasteiger partial charge in [-0.05, 0) is 24.1 Å². The summed E-state index contributed by atoms with van der Waals surface area (Å²) in [7, 11) is 0. The number of nitrogens with zero attached hydrogens (tertiary/aromatic N) is 1. The highest BCUT2D eigenvalue weighted by Gasteiger charge is 2.18. The molecule has 1 fully saturated rings. The number of thioether (sulfide) groups is 1. The number of nitrogens with one attached hydrogen (secondary N) is 1. The molecule has 1 N–H and O–H groups in total. The van der Waals surface area contributed by atoms with Gasteiger partial charge in [0.05, 0.1) is 0 Å². The SMILES string of the molecule is CCC1CN(c2ccc(CNC(C)C)cc2)CCS1. The highest BCUT2D eigenvalue weighted by molar-refractivity contribution is 8.00. The molecule has 1 atom stereocenters. The molecule has 2 rings (SSSR count). The van der Waals surface area contributed by atoms with Crippen LogP contribution in [0, 0.1) is 0 Å². The Morgan fingerprint density at radius 2 is 2.05 bits per heavy atom. The molecule has 0 radical (unpaired) electrons. The monoisotopic (exact) mass is 278 g/mol. The van der Waals surface area contributed by atoms with Crippen molar-refractivity contribution in [3.05, 3.63) is 29.8 Å². The Bertz CT molecular complexity index is 375. The minimum absolute atomic E-state index is 0.545. The van der Waals surface area contributed by atoms with E-state index in [2.05, 4.69) is 67.0 Å². The van der Waals surface area contributed by atoms with Crippen molar-refractivity contribution >= 4 is 17.4 Å². The molecule has 2 nitrogen and oxygen atoms in total. The molecule has 1 aromatic carbocycles. The summed E-state index contributed by atoms with van der Waals surface area (Å²) in [5, 5.41) is 4.26. The van der Waals surface area contributed by atoms with E-state index in [-0.39, 0.29) is 0 Å². The van der Waals surface area contributed by atoms with Crippen molar-refractivity contribution in [1.29, 1.82) is 0 Å². The van der Waals surface area contributed by atoms with Gasteiger partial charge >= 0.3 is 0 Å². The number of rotatable bonds is 5. The van der Waals surface area contributed by atoms with E-state index in [0.717, 1.165) is 11.8 Å². The summed E-state index contributed by atoms with van der Waals surface area (Å²) in [5.41, 5.74) is 2.75. The van der Waals surface area contributed by atoms with E-state index in [1.165, 1.54) is 36.5 Å². The summed E-state index contributed by atoms with van der Waals surface area (Å²) in [4.78, 5) is 2.53. The summed E-state index contributed by atoms with van der Waals surface area (Å²) in [6, 6.07) is 9.62. The predicted octanol–water partition coefficient (Wildman–Crippen LogP) is 3.52. The lowest BCUT2D eigenvalue weighted by Gasteiger charge is -2.33.